The van der Waals surface area contributed by atoms with Crippen LogP contribution in [0.1, 0.15) is 55.4 Å². The van der Waals surface area contributed by atoms with Crippen molar-refractivity contribution in [2.75, 3.05) is 40.8 Å². The number of nitrogens with zero attached hydrogens (tertiary/aromatic N) is 6. The molecule has 0 amide bonds. The molecule has 0 fully saturated rings. The van der Waals surface area contributed by atoms with Crippen LogP contribution in [-0.2, 0) is 26.2 Å². The molecule has 1 aliphatic rings. The van der Waals surface area contributed by atoms with Crippen molar-refractivity contribution in [1.82, 2.24) is 29.2 Å². The first-order valence-electron chi connectivity index (χ1n) is 12.0. The smallest absolute Gasteiger partial charge is 0.0964 e. The Hall–Kier alpha value is -2.50. The molecule has 0 aliphatic heterocycles. The van der Waals surface area contributed by atoms with Crippen LogP contribution >= 0.6 is 0 Å². The van der Waals surface area contributed by atoms with Crippen LogP contribution in [0.15, 0.2) is 37.3 Å². The Kier molecular flexibility index (Phi) is 14.1. The molecule has 0 bridgehead atoms. The number of hydrogen-bond donors (Lipinski definition) is 1. The van der Waals surface area contributed by atoms with Crippen LogP contribution in [-0.4, -0.2) is 75.1 Å². The summed E-state index contributed by atoms with van der Waals surface area (Å²) in [5.74, 6) is 0. The third kappa shape index (κ3) is 8.69. The number of pyridine rings is 1. The van der Waals surface area contributed by atoms with Crippen LogP contribution in [0, 0.1) is 12.8 Å². The standard InChI is InChI=1S/C22H36N6O.C3H6.C2H2/c1-5-25(2)12-13-26(3)17-28-16-24-19(21(28)15-29)14-27(4)20-10-6-8-18-9-7-11-23-22(18)20;1-3-2;1-2/h7,9,11,16,20,29H,5-6,8,10,12-15,17H2,1-4H3;3H,1H2,2H3;1-2H/t20-;;/m0../s1. The number of aliphatic hydroxyl groups is 1. The van der Waals surface area contributed by atoms with Gasteiger partial charge in [0.05, 0.1) is 42.7 Å². The van der Waals surface area contributed by atoms with E-state index >= 15 is 0 Å². The van der Waals surface area contributed by atoms with Crippen LogP contribution in [0.25, 0.3) is 0 Å². The molecule has 2 aromatic heterocycles. The summed E-state index contributed by atoms with van der Waals surface area (Å²) in [5.41, 5.74) is 4.43. The summed E-state index contributed by atoms with van der Waals surface area (Å²) in [6, 6.07) is 4.53. The third-order valence-electron chi connectivity index (χ3n) is 6.08. The first kappa shape index (κ1) is 29.5. The molecule has 0 aromatic carbocycles. The zero-order valence-electron chi connectivity index (χ0n) is 21.8. The monoisotopic (exact) mass is 468 g/mol. The van der Waals surface area contributed by atoms with Gasteiger partial charge in [0.1, 0.15) is 0 Å². The van der Waals surface area contributed by atoms with Crippen LogP contribution in [0.2, 0.25) is 0 Å². The van der Waals surface area contributed by atoms with Gasteiger partial charge in [-0.15, -0.1) is 19.4 Å². The predicted octanol–water partition coefficient (Wildman–Crippen LogP) is 3.56. The first-order valence-corrected chi connectivity index (χ1v) is 12.0. The number of hydrogen-bond acceptors (Lipinski definition) is 6. The maximum Gasteiger partial charge on any atom is 0.0964 e. The van der Waals surface area contributed by atoms with Gasteiger partial charge in [0.25, 0.3) is 0 Å². The molecule has 7 heteroatoms. The molecule has 34 heavy (non-hydrogen) atoms. The summed E-state index contributed by atoms with van der Waals surface area (Å²) in [6.45, 7) is 11.9. The van der Waals surface area contributed by atoms with Crippen molar-refractivity contribution in [3.63, 3.8) is 0 Å². The zero-order chi connectivity index (χ0) is 25.5. The Morgan fingerprint density at radius 3 is 2.53 bits per heavy atom. The highest BCUT2D eigenvalue weighted by molar-refractivity contribution is 5.26. The van der Waals surface area contributed by atoms with E-state index in [0.717, 1.165) is 50.5 Å². The first-order chi connectivity index (χ1) is 16.4. The minimum atomic E-state index is 0.00534. The fraction of sp³-hybridized carbons (Fsp3) is 0.556. The number of aliphatic hydroxyl groups excluding tert-OH is 1. The molecule has 0 saturated heterocycles. The fourth-order valence-corrected chi connectivity index (χ4v) is 4.08. The Morgan fingerprint density at radius 1 is 1.21 bits per heavy atom. The topological polar surface area (TPSA) is 60.7 Å². The lowest BCUT2D eigenvalue weighted by Crippen LogP contribution is -2.32. The number of aryl methyl sites for hydroxylation is 1. The summed E-state index contributed by atoms with van der Waals surface area (Å²) >= 11 is 0. The number of allylic oxidation sites excluding steroid dienone is 1. The molecule has 188 valence electrons. The van der Waals surface area contributed by atoms with Crippen LogP contribution in [0.5, 0.6) is 0 Å². The number of aromatic nitrogens is 3. The average Bonchev–Trinajstić information content (AvgIpc) is 3.24. The number of imidazole rings is 1. The van der Waals surface area contributed by atoms with E-state index in [9.17, 15) is 5.11 Å². The molecule has 3 rings (SSSR count). The number of terminal acetylenes is 1. The van der Waals surface area contributed by atoms with Crippen molar-refractivity contribution in [2.24, 2.45) is 0 Å². The van der Waals surface area contributed by atoms with Gasteiger partial charge in [-0.05, 0) is 65.5 Å². The van der Waals surface area contributed by atoms with Crippen LogP contribution < -0.4 is 0 Å². The SMILES string of the molecule is C#C.C=CC.CCN(C)CCN(C)Cn1cnc(CN(C)[C@H]2CCCc3cccnc32)c1CO. The van der Waals surface area contributed by atoms with Crippen LogP contribution in [0.3, 0.4) is 0 Å². The molecular weight excluding hydrogens is 424 g/mol. The molecule has 2 aromatic rings. The average molecular weight is 469 g/mol. The van der Waals surface area contributed by atoms with Crippen LogP contribution in [0.4, 0.5) is 0 Å². The minimum Gasteiger partial charge on any atom is -0.390 e. The van der Waals surface area contributed by atoms with E-state index in [1.54, 1.807) is 6.08 Å². The molecule has 1 atom stereocenters. The lowest BCUT2D eigenvalue weighted by atomic mass is 9.91. The van der Waals surface area contributed by atoms with E-state index in [1.165, 1.54) is 17.7 Å². The minimum absolute atomic E-state index is 0.00534. The van der Waals surface area contributed by atoms with Gasteiger partial charge in [-0.1, -0.05) is 19.1 Å². The van der Waals surface area contributed by atoms with E-state index < -0.39 is 0 Å². The second-order valence-electron chi connectivity index (χ2n) is 8.66. The lowest BCUT2D eigenvalue weighted by Gasteiger charge is -2.32. The highest BCUT2D eigenvalue weighted by Crippen LogP contribution is 2.32. The Morgan fingerprint density at radius 2 is 1.88 bits per heavy atom. The van der Waals surface area contributed by atoms with Gasteiger partial charge in [-0.3, -0.25) is 14.8 Å². The molecule has 1 aliphatic carbocycles. The second-order valence-corrected chi connectivity index (χ2v) is 8.66. The third-order valence-corrected chi connectivity index (χ3v) is 6.08. The summed E-state index contributed by atoms with van der Waals surface area (Å²) < 4.78 is 2.07. The summed E-state index contributed by atoms with van der Waals surface area (Å²) in [7, 11) is 6.39. The lowest BCUT2D eigenvalue weighted by molar-refractivity contribution is 0.198. The number of likely N-dealkylation sites (N-methyl/N-ethyl adjacent to an activating group) is 2. The van der Waals surface area contributed by atoms with Crippen molar-refractivity contribution in [2.45, 2.75) is 59.0 Å². The number of fused-ring (bicyclic) bond motifs is 1. The van der Waals surface area contributed by atoms with Crippen molar-refractivity contribution >= 4 is 0 Å². The molecule has 1 N–H and O–H groups in total. The van der Waals surface area contributed by atoms with Gasteiger partial charge in [0, 0.05) is 25.8 Å². The highest BCUT2D eigenvalue weighted by atomic mass is 16.3. The van der Waals surface area contributed by atoms with Gasteiger partial charge in [0.2, 0.25) is 0 Å². The molecule has 2 heterocycles. The van der Waals surface area contributed by atoms with E-state index in [2.05, 4.69) is 82.8 Å². The van der Waals surface area contributed by atoms with Gasteiger partial charge < -0.3 is 14.6 Å². The molecule has 0 radical (unpaired) electrons. The fourth-order valence-electron chi connectivity index (χ4n) is 4.08. The Labute approximate surface area is 207 Å². The largest absolute Gasteiger partial charge is 0.390 e. The molecule has 0 spiro atoms. The maximum absolute atomic E-state index is 10.0. The summed E-state index contributed by atoms with van der Waals surface area (Å²) in [4.78, 5) is 16.2. The van der Waals surface area contributed by atoms with Crippen molar-refractivity contribution in [1.29, 1.82) is 0 Å². The molecule has 0 saturated carbocycles. The quantitative estimate of drug-likeness (QED) is 0.425. The van der Waals surface area contributed by atoms with Gasteiger partial charge in [-0.2, -0.15) is 0 Å². The Balaban J connectivity index is 0.00000107. The van der Waals surface area contributed by atoms with Crippen molar-refractivity contribution in [3.8, 4) is 12.8 Å². The normalized spacial score (nSPS) is 14.7. The Bertz CT molecular complexity index is 862. The number of rotatable bonds is 10. The summed E-state index contributed by atoms with van der Waals surface area (Å²) in [6.07, 6.45) is 16.9. The van der Waals surface area contributed by atoms with Gasteiger partial charge in [-0.25, -0.2) is 4.98 Å². The highest BCUT2D eigenvalue weighted by Gasteiger charge is 2.26. The molecular formula is C27H44N6O. The molecule has 7 nitrogen and oxygen atoms in total. The van der Waals surface area contributed by atoms with E-state index in [0.29, 0.717) is 12.6 Å². The predicted molar refractivity (Wildman–Crippen MR) is 141 cm³/mol. The van der Waals surface area contributed by atoms with E-state index in [-0.39, 0.29) is 6.61 Å². The van der Waals surface area contributed by atoms with E-state index in [4.69, 9.17) is 0 Å². The van der Waals surface area contributed by atoms with Crippen molar-refractivity contribution in [3.05, 3.63) is 60.0 Å². The van der Waals surface area contributed by atoms with Gasteiger partial charge >= 0.3 is 0 Å². The zero-order valence-corrected chi connectivity index (χ0v) is 21.8. The van der Waals surface area contributed by atoms with Crippen molar-refractivity contribution < 1.29 is 5.11 Å². The maximum atomic E-state index is 10.0. The van der Waals surface area contributed by atoms with Gasteiger partial charge in [0.15, 0.2) is 0 Å². The summed E-state index contributed by atoms with van der Waals surface area (Å²) in [5, 5.41) is 10.0. The van der Waals surface area contributed by atoms with E-state index in [1.807, 2.05) is 25.5 Å². The second kappa shape index (κ2) is 16.2. The molecule has 0 unspecified atom stereocenters.